The molecule has 0 bridgehead atoms. The number of hydrogen-bond acceptors (Lipinski definition) is 4. The van der Waals surface area contributed by atoms with Crippen molar-refractivity contribution in [3.05, 3.63) is 47.3 Å². The first-order chi connectivity index (χ1) is 10.8. The molecule has 0 amide bonds. The van der Waals surface area contributed by atoms with Gasteiger partial charge in [-0.1, -0.05) is 18.2 Å². The first-order valence-corrected chi connectivity index (χ1v) is 9.78. The smallest absolute Gasteiger partial charge is 0.250 e. The van der Waals surface area contributed by atoms with Crippen LogP contribution in [-0.2, 0) is 10.0 Å². The molecule has 126 valence electrons. The van der Waals surface area contributed by atoms with Crippen molar-refractivity contribution in [3.8, 4) is 0 Å². The fraction of sp³-hybridized carbons (Fsp3) is 0.375. The molecule has 5 nitrogen and oxygen atoms in total. The van der Waals surface area contributed by atoms with E-state index in [9.17, 15) is 8.42 Å². The highest BCUT2D eigenvalue weighted by Gasteiger charge is 2.22. The van der Waals surface area contributed by atoms with Crippen molar-refractivity contribution in [1.82, 2.24) is 4.72 Å². The highest BCUT2D eigenvalue weighted by atomic mass is 32.2. The number of quaternary nitrogens is 1. The molecule has 1 heterocycles. The minimum absolute atomic E-state index is 0.0564. The molecule has 0 spiro atoms. The SMILES string of the molecule is CN(C)c1ccc([C@@H](CNS(=O)(=O)c2cccs2)[NH+](C)C)cc1. The third kappa shape index (κ3) is 4.54. The van der Waals surface area contributed by atoms with Crippen LogP contribution in [0.5, 0.6) is 0 Å². The number of nitrogens with zero attached hydrogens (tertiary/aromatic N) is 1. The van der Waals surface area contributed by atoms with Crippen molar-refractivity contribution in [1.29, 1.82) is 0 Å². The Morgan fingerprint density at radius 3 is 2.30 bits per heavy atom. The lowest BCUT2D eigenvalue weighted by molar-refractivity contribution is -0.890. The van der Waals surface area contributed by atoms with Crippen LogP contribution >= 0.6 is 11.3 Å². The summed E-state index contributed by atoms with van der Waals surface area (Å²) in [7, 11) is 4.63. The predicted molar refractivity (Wildman–Crippen MR) is 95.8 cm³/mol. The molecular weight excluding hydrogens is 330 g/mol. The number of likely N-dealkylation sites (N-methyl/N-ethyl adjacent to an activating group) is 1. The minimum Gasteiger partial charge on any atom is -0.378 e. The Bertz CT molecular complexity index is 708. The van der Waals surface area contributed by atoms with E-state index in [0.717, 1.165) is 11.3 Å². The Morgan fingerprint density at radius 2 is 1.83 bits per heavy atom. The highest BCUT2D eigenvalue weighted by Crippen LogP contribution is 2.18. The first-order valence-electron chi connectivity index (χ1n) is 7.42. The summed E-state index contributed by atoms with van der Waals surface area (Å²) < 4.78 is 27.6. The van der Waals surface area contributed by atoms with Gasteiger partial charge >= 0.3 is 0 Å². The van der Waals surface area contributed by atoms with Gasteiger partial charge in [0.2, 0.25) is 10.0 Å². The molecule has 0 saturated heterocycles. The molecule has 2 N–H and O–H groups in total. The number of benzene rings is 1. The van der Waals surface area contributed by atoms with Gasteiger partial charge in [-0.3, -0.25) is 0 Å². The second kappa shape index (κ2) is 7.44. The summed E-state index contributed by atoms with van der Waals surface area (Å²) in [5.41, 5.74) is 2.24. The second-order valence-corrected chi connectivity index (χ2v) is 8.84. The minimum atomic E-state index is -3.43. The van der Waals surface area contributed by atoms with E-state index in [-0.39, 0.29) is 6.04 Å². The number of hydrogen-bond donors (Lipinski definition) is 2. The quantitative estimate of drug-likeness (QED) is 0.779. The molecule has 2 rings (SSSR count). The Balaban J connectivity index is 2.13. The average Bonchev–Trinajstić information content (AvgIpc) is 3.02. The molecule has 2 aromatic rings. The molecule has 0 saturated carbocycles. The Morgan fingerprint density at radius 1 is 1.17 bits per heavy atom. The second-order valence-electron chi connectivity index (χ2n) is 5.90. The predicted octanol–water partition coefficient (Wildman–Crippen LogP) is 0.978. The Kier molecular flexibility index (Phi) is 5.80. The molecule has 1 atom stereocenters. The summed E-state index contributed by atoms with van der Waals surface area (Å²) in [5, 5.41) is 1.77. The van der Waals surface area contributed by atoms with Gasteiger partial charge in [-0.15, -0.1) is 11.3 Å². The maximum Gasteiger partial charge on any atom is 0.250 e. The van der Waals surface area contributed by atoms with Crippen LogP contribution in [0, 0.1) is 0 Å². The summed E-state index contributed by atoms with van der Waals surface area (Å²) >= 11 is 1.23. The third-order valence-electron chi connectivity index (χ3n) is 3.75. The molecule has 1 aromatic carbocycles. The van der Waals surface area contributed by atoms with Crippen molar-refractivity contribution in [2.75, 3.05) is 39.6 Å². The van der Waals surface area contributed by atoms with E-state index in [0.29, 0.717) is 10.8 Å². The van der Waals surface area contributed by atoms with Gasteiger partial charge < -0.3 is 9.80 Å². The van der Waals surface area contributed by atoms with Gasteiger partial charge in [-0.2, -0.15) is 0 Å². The molecule has 0 aliphatic carbocycles. The lowest BCUT2D eigenvalue weighted by Crippen LogP contribution is -3.07. The molecule has 0 aliphatic heterocycles. The van der Waals surface area contributed by atoms with E-state index in [4.69, 9.17) is 0 Å². The van der Waals surface area contributed by atoms with Crippen molar-refractivity contribution in [2.45, 2.75) is 10.3 Å². The van der Waals surface area contributed by atoms with Crippen LogP contribution in [0.4, 0.5) is 5.69 Å². The van der Waals surface area contributed by atoms with Gasteiger partial charge in [0, 0.05) is 25.3 Å². The van der Waals surface area contributed by atoms with Crippen LogP contribution in [0.3, 0.4) is 0 Å². The number of rotatable bonds is 7. The summed E-state index contributed by atoms with van der Waals surface area (Å²) in [6.07, 6.45) is 0. The van der Waals surface area contributed by atoms with Gasteiger partial charge in [0.15, 0.2) is 0 Å². The first kappa shape index (κ1) is 17.9. The third-order valence-corrected chi connectivity index (χ3v) is 6.57. The van der Waals surface area contributed by atoms with Gasteiger partial charge in [0.1, 0.15) is 10.3 Å². The molecule has 0 radical (unpaired) electrons. The maximum atomic E-state index is 12.3. The molecule has 0 aliphatic rings. The molecule has 7 heteroatoms. The zero-order valence-electron chi connectivity index (χ0n) is 13.9. The standard InChI is InChI=1S/C16H23N3O2S2/c1-18(2)14-9-7-13(8-10-14)15(19(3)4)12-17-23(20,21)16-6-5-11-22-16/h5-11,15,17H,12H2,1-4H3/p+1/t15-/m1/s1. The van der Waals surface area contributed by atoms with Crippen molar-refractivity contribution < 1.29 is 13.3 Å². The van der Waals surface area contributed by atoms with E-state index >= 15 is 0 Å². The topological polar surface area (TPSA) is 53.9 Å². The normalized spacial score (nSPS) is 13.3. The van der Waals surface area contributed by atoms with E-state index in [1.54, 1.807) is 17.5 Å². The molecular formula is C16H24N3O2S2+. The van der Waals surface area contributed by atoms with Gasteiger partial charge in [0.05, 0.1) is 20.6 Å². The number of thiophene rings is 1. The van der Waals surface area contributed by atoms with Crippen molar-refractivity contribution in [3.63, 3.8) is 0 Å². The van der Waals surface area contributed by atoms with E-state index in [1.807, 2.05) is 33.1 Å². The van der Waals surface area contributed by atoms with E-state index < -0.39 is 10.0 Å². The van der Waals surface area contributed by atoms with Crippen LogP contribution in [0.1, 0.15) is 11.6 Å². The maximum absolute atomic E-state index is 12.3. The Labute approximate surface area is 142 Å². The van der Waals surface area contributed by atoms with Gasteiger partial charge in [-0.05, 0) is 23.6 Å². The van der Waals surface area contributed by atoms with Crippen molar-refractivity contribution in [2.24, 2.45) is 0 Å². The van der Waals surface area contributed by atoms with Gasteiger partial charge in [-0.25, -0.2) is 13.1 Å². The fourth-order valence-corrected chi connectivity index (χ4v) is 4.43. The van der Waals surface area contributed by atoms with Crippen LogP contribution in [0.15, 0.2) is 46.0 Å². The number of sulfonamides is 1. The zero-order valence-corrected chi connectivity index (χ0v) is 15.5. The van der Waals surface area contributed by atoms with Crippen LogP contribution in [0.25, 0.3) is 0 Å². The average molecular weight is 355 g/mol. The Hall–Kier alpha value is -1.41. The van der Waals surface area contributed by atoms with Crippen LogP contribution in [-0.4, -0.2) is 43.2 Å². The molecule has 0 fully saturated rings. The number of nitrogens with one attached hydrogen (secondary N) is 2. The summed E-state index contributed by atoms with van der Waals surface area (Å²) in [5.74, 6) is 0. The fourth-order valence-electron chi connectivity index (χ4n) is 2.34. The summed E-state index contributed by atoms with van der Waals surface area (Å²) in [6, 6.07) is 11.7. The largest absolute Gasteiger partial charge is 0.378 e. The molecule has 23 heavy (non-hydrogen) atoms. The summed E-state index contributed by atoms with van der Waals surface area (Å²) in [4.78, 5) is 3.22. The van der Waals surface area contributed by atoms with Crippen molar-refractivity contribution >= 4 is 27.0 Å². The van der Waals surface area contributed by atoms with E-state index in [1.165, 1.54) is 16.2 Å². The van der Waals surface area contributed by atoms with Crippen LogP contribution in [0.2, 0.25) is 0 Å². The van der Waals surface area contributed by atoms with E-state index in [2.05, 4.69) is 29.0 Å². The van der Waals surface area contributed by atoms with Gasteiger partial charge in [0.25, 0.3) is 0 Å². The molecule has 0 unspecified atom stereocenters. The molecule has 1 aromatic heterocycles. The zero-order chi connectivity index (χ0) is 17.0. The van der Waals surface area contributed by atoms with Crippen LogP contribution < -0.4 is 14.5 Å². The lowest BCUT2D eigenvalue weighted by atomic mass is 10.1. The summed E-state index contributed by atoms with van der Waals surface area (Å²) in [6.45, 7) is 0.365. The lowest BCUT2D eigenvalue weighted by Gasteiger charge is -2.23. The monoisotopic (exact) mass is 354 g/mol. The highest BCUT2D eigenvalue weighted by molar-refractivity contribution is 7.91. The number of anilines is 1.